The Balaban J connectivity index is 2.31. The number of nitrogens with zero attached hydrogens (tertiary/aromatic N) is 3. The fourth-order valence-corrected chi connectivity index (χ4v) is 2.65. The number of aromatic nitrogens is 2. The van der Waals surface area contributed by atoms with Gasteiger partial charge in [-0.2, -0.15) is 0 Å². The molecule has 2 rings (SSSR count). The number of hydrogen-bond acceptors (Lipinski definition) is 3. The number of imidazole rings is 1. The topological polar surface area (TPSA) is 56.2 Å². The van der Waals surface area contributed by atoms with Crippen LogP contribution in [0.25, 0.3) is 0 Å². The van der Waals surface area contributed by atoms with Crippen molar-refractivity contribution in [3.05, 3.63) is 44.7 Å². The van der Waals surface area contributed by atoms with Crippen LogP contribution in [0.2, 0.25) is 0 Å². The van der Waals surface area contributed by atoms with Crippen LogP contribution in [-0.2, 0) is 13.1 Å². The zero-order chi connectivity index (χ0) is 13.1. The van der Waals surface area contributed by atoms with E-state index in [9.17, 15) is 0 Å². The Labute approximate surface area is 122 Å². The molecule has 0 spiro atoms. The van der Waals surface area contributed by atoms with Crippen molar-refractivity contribution in [3.8, 4) is 0 Å². The molecule has 0 bridgehead atoms. The summed E-state index contributed by atoms with van der Waals surface area (Å²) in [5, 5.41) is 0. The fraction of sp³-hybridized carbons (Fsp3) is 0.167. The predicted octanol–water partition coefficient (Wildman–Crippen LogP) is 3.24. The van der Waals surface area contributed by atoms with Crippen molar-refractivity contribution in [2.45, 2.75) is 13.1 Å². The van der Waals surface area contributed by atoms with Crippen LogP contribution >= 0.6 is 31.9 Å². The molecule has 0 aliphatic rings. The Morgan fingerprint density at radius 2 is 2.17 bits per heavy atom. The molecule has 1 aromatic heterocycles. The largest absolute Gasteiger partial charge is 0.383 e. The summed E-state index contributed by atoms with van der Waals surface area (Å²) in [5.41, 5.74) is 7.94. The highest BCUT2D eigenvalue weighted by atomic mass is 79.9. The van der Waals surface area contributed by atoms with Gasteiger partial charge in [0.1, 0.15) is 11.5 Å². The minimum Gasteiger partial charge on any atom is -0.383 e. The summed E-state index contributed by atoms with van der Waals surface area (Å²) in [4.78, 5) is 8.14. The van der Waals surface area contributed by atoms with Crippen molar-refractivity contribution in [2.24, 2.45) is 4.99 Å². The van der Waals surface area contributed by atoms with Crippen molar-refractivity contribution >= 4 is 44.4 Å². The Kier molecular flexibility index (Phi) is 4.19. The lowest BCUT2D eigenvalue weighted by atomic mass is 10.2. The Morgan fingerprint density at radius 3 is 2.83 bits per heavy atom. The molecular formula is C12H12Br2N4. The average molecular weight is 372 g/mol. The molecular weight excluding hydrogens is 360 g/mol. The highest BCUT2D eigenvalue weighted by molar-refractivity contribution is 9.10. The van der Waals surface area contributed by atoms with Crippen LogP contribution in [0.5, 0.6) is 0 Å². The van der Waals surface area contributed by atoms with Gasteiger partial charge in [0.25, 0.3) is 0 Å². The van der Waals surface area contributed by atoms with E-state index in [1.807, 2.05) is 22.8 Å². The maximum absolute atomic E-state index is 6.05. The van der Waals surface area contributed by atoms with E-state index in [0.29, 0.717) is 23.6 Å². The number of nitrogens with two attached hydrogens (primary N) is 1. The van der Waals surface area contributed by atoms with E-state index >= 15 is 0 Å². The number of hydrogen-bond donors (Lipinski definition) is 1. The molecule has 0 unspecified atom stereocenters. The molecule has 1 aromatic carbocycles. The summed E-state index contributed by atoms with van der Waals surface area (Å²) in [6.45, 7) is 4.54. The second-order valence-corrected chi connectivity index (χ2v) is 5.44. The molecule has 0 amide bonds. The zero-order valence-electron chi connectivity index (χ0n) is 9.61. The molecule has 2 N–H and O–H groups in total. The Bertz CT molecular complexity index is 577. The van der Waals surface area contributed by atoms with Crippen LogP contribution in [0.1, 0.15) is 11.3 Å². The molecule has 2 aromatic rings. The molecule has 6 heteroatoms. The normalized spacial score (nSPS) is 10.6. The van der Waals surface area contributed by atoms with Crippen LogP contribution < -0.4 is 5.73 Å². The first-order valence-electron chi connectivity index (χ1n) is 5.29. The third-order valence-corrected chi connectivity index (χ3v) is 3.63. The van der Waals surface area contributed by atoms with E-state index in [0.717, 1.165) is 15.7 Å². The third kappa shape index (κ3) is 2.81. The zero-order valence-corrected chi connectivity index (χ0v) is 12.8. The van der Waals surface area contributed by atoms with Gasteiger partial charge in [0.2, 0.25) is 0 Å². The van der Waals surface area contributed by atoms with Crippen LogP contribution in [-0.4, -0.2) is 16.3 Å². The van der Waals surface area contributed by atoms with Gasteiger partial charge in [-0.15, -0.1) is 0 Å². The number of benzene rings is 1. The first-order valence-corrected chi connectivity index (χ1v) is 6.87. The van der Waals surface area contributed by atoms with E-state index in [-0.39, 0.29) is 0 Å². The summed E-state index contributed by atoms with van der Waals surface area (Å²) < 4.78 is 3.66. The van der Waals surface area contributed by atoms with Crippen molar-refractivity contribution < 1.29 is 0 Å². The highest BCUT2D eigenvalue weighted by Gasteiger charge is 2.12. The van der Waals surface area contributed by atoms with Gasteiger partial charge in [0, 0.05) is 4.47 Å². The van der Waals surface area contributed by atoms with Crippen molar-refractivity contribution in [2.75, 3.05) is 5.73 Å². The second kappa shape index (κ2) is 5.67. The average Bonchev–Trinajstić information content (AvgIpc) is 2.58. The van der Waals surface area contributed by atoms with Crippen LogP contribution in [0.15, 0.2) is 38.5 Å². The first kappa shape index (κ1) is 13.3. The first-order chi connectivity index (χ1) is 8.61. The molecule has 0 saturated heterocycles. The number of aliphatic imine (C=N–C) groups is 1. The smallest absolute Gasteiger partial charge is 0.179 e. The molecule has 0 atom stereocenters. The lowest BCUT2D eigenvalue weighted by molar-refractivity contribution is 0.784. The van der Waals surface area contributed by atoms with Crippen molar-refractivity contribution in [1.82, 2.24) is 9.55 Å². The summed E-state index contributed by atoms with van der Waals surface area (Å²) in [6, 6.07) is 8.08. The lowest BCUT2D eigenvalue weighted by Gasteiger charge is -2.07. The van der Waals surface area contributed by atoms with Gasteiger partial charge in [0.15, 0.2) is 4.73 Å². The maximum atomic E-state index is 6.05. The third-order valence-electron chi connectivity index (χ3n) is 2.53. The Morgan fingerprint density at radius 1 is 1.39 bits per heavy atom. The van der Waals surface area contributed by atoms with Crippen LogP contribution in [0.4, 0.5) is 5.82 Å². The SMILES string of the molecule is C=NCc1nc(Br)n(Cc2cccc(Br)c2)c1N. The van der Waals surface area contributed by atoms with Crippen molar-refractivity contribution in [3.63, 3.8) is 0 Å². The molecule has 94 valence electrons. The molecule has 1 heterocycles. The number of anilines is 1. The molecule has 0 fully saturated rings. The van der Waals surface area contributed by atoms with Gasteiger partial charge in [-0.3, -0.25) is 4.99 Å². The molecule has 0 aliphatic heterocycles. The number of halogens is 2. The van der Waals surface area contributed by atoms with E-state index < -0.39 is 0 Å². The van der Waals surface area contributed by atoms with Crippen LogP contribution in [0.3, 0.4) is 0 Å². The van der Waals surface area contributed by atoms with Gasteiger partial charge in [-0.05, 0) is 40.3 Å². The number of rotatable bonds is 4. The predicted molar refractivity (Wildman–Crippen MR) is 80.8 cm³/mol. The quantitative estimate of drug-likeness (QED) is 0.838. The van der Waals surface area contributed by atoms with Gasteiger partial charge >= 0.3 is 0 Å². The van der Waals surface area contributed by atoms with E-state index in [4.69, 9.17) is 5.73 Å². The van der Waals surface area contributed by atoms with Gasteiger partial charge < -0.3 is 10.3 Å². The lowest BCUT2D eigenvalue weighted by Crippen LogP contribution is -2.05. The van der Waals surface area contributed by atoms with E-state index in [2.05, 4.69) is 54.6 Å². The summed E-state index contributed by atoms with van der Waals surface area (Å²) >= 11 is 6.86. The molecule has 0 saturated carbocycles. The summed E-state index contributed by atoms with van der Waals surface area (Å²) in [6.07, 6.45) is 0. The van der Waals surface area contributed by atoms with Gasteiger partial charge in [-0.25, -0.2) is 4.98 Å². The van der Waals surface area contributed by atoms with Gasteiger partial charge in [-0.1, -0.05) is 28.1 Å². The summed E-state index contributed by atoms with van der Waals surface area (Å²) in [7, 11) is 0. The van der Waals surface area contributed by atoms with Gasteiger partial charge in [0.05, 0.1) is 13.1 Å². The molecule has 4 nitrogen and oxygen atoms in total. The molecule has 18 heavy (non-hydrogen) atoms. The molecule has 0 aliphatic carbocycles. The minimum absolute atomic E-state index is 0.427. The standard InChI is InChI=1S/C12H12Br2N4/c1-16-6-10-11(15)18(12(14)17-10)7-8-3-2-4-9(13)5-8/h2-5H,1,6-7,15H2. The fourth-order valence-electron chi connectivity index (χ4n) is 1.67. The Hall–Kier alpha value is -1.14. The van der Waals surface area contributed by atoms with E-state index in [1.165, 1.54) is 0 Å². The monoisotopic (exact) mass is 370 g/mol. The summed E-state index contributed by atoms with van der Waals surface area (Å²) in [5.74, 6) is 0.620. The highest BCUT2D eigenvalue weighted by Crippen LogP contribution is 2.22. The minimum atomic E-state index is 0.427. The van der Waals surface area contributed by atoms with E-state index in [1.54, 1.807) is 0 Å². The van der Waals surface area contributed by atoms with Crippen molar-refractivity contribution in [1.29, 1.82) is 0 Å². The van der Waals surface area contributed by atoms with Crippen LogP contribution in [0, 0.1) is 0 Å². The maximum Gasteiger partial charge on any atom is 0.179 e. The second-order valence-electron chi connectivity index (χ2n) is 3.81. The number of nitrogen functional groups attached to an aromatic ring is 1. The molecule has 0 radical (unpaired) electrons.